The minimum absolute atomic E-state index is 0. The molecule has 0 aliphatic carbocycles. The number of hydrogen-bond acceptors (Lipinski definition) is 4. The molecule has 0 saturated heterocycles. The van der Waals surface area contributed by atoms with E-state index in [1.165, 1.54) is 53.4 Å². The Kier molecular flexibility index (Phi) is 42.9. The number of unbranched alkanes of at least 4 members (excludes halogenated alkanes) is 2. The van der Waals surface area contributed by atoms with Crippen LogP contribution in [0.5, 0.6) is 0 Å². The molecule has 0 spiro atoms. The second-order valence-corrected chi connectivity index (χ2v) is 4.73. The predicted molar refractivity (Wildman–Crippen MR) is 95.8 cm³/mol. The van der Waals surface area contributed by atoms with E-state index in [1.807, 2.05) is 0 Å². The fourth-order valence-corrected chi connectivity index (χ4v) is 0.572. The number of allylic oxidation sites excluding steroid dienone is 4. The van der Waals surface area contributed by atoms with Gasteiger partial charge in [-0.3, -0.25) is 9.59 Å². The van der Waals surface area contributed by atoms with Gasteiger partial charge in [-0.1, -0.05) is 67.2 Å². The summed E-state index contributed by atoms with van der Waals surface area (Å²) in [5, 5.41) is 20.0. The summed E-state index contributed by atoms with van der Waals surface area (Å²) >= 11 is 0. The summed E-state index contributed by atoms with van der Waals surface area (Å²) in [6.45, 7) is 14.1. The van der Waals surface area contributed by atoms with Gasteiger partial charge < -0.3 is 10.2 Å². The molecule has 0 N–H and O–H groups in total. The second-order valence-electron chi connectivity index (χ2n) is 4.73. The zero-order chi connectivity index (χ0) is 18.6. The van der Waals surface area contributed by atoms with Gasteiger partial charge in [0.1, 0.15) is 0 Å². The van der Waals surface area contributed by atoms with E-state index in [4.69, 9.17) is 0 Å². The van der Waals surface area contributed by atoms with Crippen molar-refractivity contribution in [2.45, 2.75) is 81.1 Å². The van der Waals surface area contributed by atoms with Gasteiger partial charge in [-0.2, -0.15) is 0 Å². The second kappa shape index (κ2) is 29.3. The Labute approximate surface area is 160 Å². The third-order valence-corrected chi connectivity index (χ3v) is 1.81. The maximum atomic E-state index is 9.98. The van der Waals surface area contributed by atoms with Crippen molar-refractivity contribution < 1.29 is 19.8 Å². The quantitative estimate of drug-likeness (QED) is 0.388. The Morgan fingerprint density at radius 2 is 0.826 bits per heavy atom. The Morgan fingerprint density at radius 1 is 0.652 bits per heavy atom. The van der Waals surface area contributed by atoms with E-state index >= 15 is 0 Å². The van der Waals surface area contributed by atoms with Crippen LogP contribution in [0.2, 0.25) is 0 Å². The summed E-state index contributed by atoms with van der Waals surface area (Å²) in [6.07, 6.45) is 7.39. The smallest absolute Gasteiger partial charge is 0.876 e. The molecule has 134 valence electrons. The first-order valence-electron chi connectivity index (χ1n) is 7.80. The van der Waals surface area contributed by atoms with E-state index < -0.39 is 0 Å². The average Bonchev–Trinajstić information content (AvgIpc) is 2.36. The van der Waals surface area contributed by atoms with Crippen LogP contribution in [0.3, 0.4) is 0 Å². The van der Waals surface area contributed by atoms with Crippen molar-refractivity contribution in [3.8, 4) is 0 Å². The van der Waals surface area contributed by atoms with Crippen molar-refractivity contribution in [1.29, 1.82) is 0 Å². The van der Waals surface area contributed by atoms with Crippen LogP contribution in [0.15, 0.2) is 23.7 Å². The zero-order valence-corrected chi connectivity index (χ0v) is 19.0. The normalized spacial score (nSPS) is 9.57. The molecule has 2 radical (unpaired) electrons. The molecule has 0 aliphatic heterocycles. The van der Waals surface area contributed by atoms with E-state index in [-0.39, 0.29) is 47.0 Å². The third-order valence-electron chi connectivity index (χ3n) is 1.81. The van der Waals surface area contributed by atoms with Crippen LogP contribution in [0.25, 0.3) is 0 Å². The van der Waals surface area contributed by atoms with Gasteiger partial charge in [0.2, 0.25) is 0 Å². The monoisotopic (exact) mass is 434 g/mol. The molecular formula is C18H34O4Sn. The third kappa shape index (κ3) is 92.2. The van der Waals surface area contributed by atoms with Gasteiger partial charge in [-0.05, 0) is 26.0 Å². The number of carbonyl (C=O) groups excluding carboxylic acids is 2. The summed E-state index contributed by atoms with van der Waals surface area (Å²) in [5.74, 6) is -0.750. The fourth-order valence-electron chi connectivity index (χ4n) is 0.572. The van der Waals surface area contributed by atoms with Crippen molar-refractivity contribution in [2.75, 3.05) is 0 Å². The van der Waals surface area contributed by atoms with E-state index in [9.17, 15) is 19.8 Å². The Hall–Kier alpha value is -0.781. The van der Waals surface area contributed by atoms with E-state index in [2.05, 4.69) is 27.7 Å². The van der Waals surface area contributed by atoms with Gasteiger partial charge in [0.05, 0.1) is 0 Å². The molecule has 4 nitrogen and oxygen atoms in total. The molecule has 0 fully saturated rings. The molecule has 0 aromatic heterocycles. The van der Waals surface area contributed by atoms with Crippen molar-refractivity contribution >= 4 is 35.5 Å². The van der Waals surface area contributed by atoms with E-state index in [0.29, 0.717) is 0 Å². The largest absolute Gasteiger partial charge is 2.00 e. The maximum Gasteiger partial charge on any atom is 2.00 e. The van der Waals surface area contributed by atoms with Crippen molar-refractivity contribution in [1.82, 2.24) is 0 Å². The summed E-state index contributed by atoms with van der Waals surface area (Å²) < 4.78 is 0. The first-order chi connectivity index (χ1) is 10.1. The zero-order valence-electron chi connectivity index (χ0n) is 16.1. The van der Waals surface area contributed by atoms with Crippen LogP contribution in [-0.4, -0.2) is 35.5 Å². The first-order valence-corrected chi connectivity index (χ1v) is 7.80. The fraction of sp³-hybridized carbons (Fsp3) is 0.667. The van der Waals surface area contributed by atoms with Crippen LogP contribution in [0, 0.1) is 0 Å². The molecule has 0 aromatic carbocycles. The van der Waals surface area contributed by atoms with Gasteiger partial charge >= 0.3 is 23.9 Å². The Balaban J connectivity index is -0.0000000639. The molecule has 0 heterocycles. The van der Waals surface area contributed by atoms with E-state index in [0.717, 1.165) is 12.2 Å². The number of hydrogen-bond donors (Lipinski definition) is 0. The molecule has 0 aromatic rings. The van der Waals surface area contributed by atoms with Crippen LogP contribution >= 0.6 is 0 Å². The summed E-state index contributed by atoms with van der Waals surface area (Å²) in [6, 6.07) is 0. The van der Waals surface area contributed by atoms with Crippen molar-refractivity contribution in [3.63, 3.8) is 0 Å². The molecule has 0 bridgehead atoms. The topological polar surface area (TPSA) is 80.3 Å². The average molecular weight is 433 g/mol. The summed E-state index contributed by atoms with van der Waals surface area (Å²) in [4.78, 5) is 20.0. The minimum atomic E-state index is -0.187. The van der Waals surface area contributed by atoms with Crippen LogP contribution in [0.4, 0.5) is 0 Å². The SMILES string of the molecule is CC(=O)/C=C(\C)[O-].CC(=O)/C=C(\C)[O-].CCCC.CCCC.[Sn+2]. The maximum absolute atomic E-state index is 9.98. The van der Waals surface area contributed by atoms with Gasteiger partial charge in [-0.15, -0.1) is 11.5 Å². The van der Waals surface area contributed by atoms with Gasteiger partial charge in [0, 0.05) is 0 Å². The Bertz CT molecular complexity index is 277. The van der Waals surface area contributed by atoms with Crippen LogP contribution in [-0.2, 0) is 9.59 Å². The molecule has 0 rings (SSSR count). The molecule has 0 saturated carbocycles. The molecule has 0 aliphatic rings. The predicted octanol–water partition coefficient (Wildman–Crippen LogP) is 2.91. The van der Waals surface area contributed by atoms with Crippen molar-refractivity contribution in [2.24, 2.45) is 0 Å². The minimum Gasteiger partial charge on any atom is -0.876 e. The molecule has 0 unspecified atom stereocenters. The van der Waals surface area contributed by atoms with Crippen LogP contribution < -0.4 is 10.2 Å². The van der Waals surface area contributed by atoms with E-state index in [1.54, 1.807) is 0 Å². The van der Waals surface area contributed by atoms with Crippen LogP contribution in [0.1, 0.15) is 81.1 Å². The van der Waals surface area contributed by atoms with Gasteiger partial charge in [-0.25, -0.2) is 0 Å². The Morgan fingerprint density at radius 3 is 0.826 bits per heavy atom. The van der Waals surface area contributed by atoms with Gasteiger partial charge in [0.25, 0.3) is 0 Å². The standard InChI is InChI=1S/2C5H8O2.2C4H10.Sn/c2*1-4(6)3-5(2)7;2*1-3-4-2;/h2*3,6H,1-2H3;2*3-4H2,1-2H3;/q;;;;+2/p-2/b2*4-3+;;;. The number of ketones is 2. The first kappa shape index (κ1) is 33.7. The molecule has 0 amide bonds. The summed E-state index contributed by atoms with van der Waals surface area (Å²) in [7, 11) is 0. The summed E-state index contributed by atoms with van der Waals surface area (Å²) in [5.41, 5.74) is 0. The molecule has 23 heavy (non-hydrogen) atoms. The van der Waals surface area contributed by atoms with Crippen molar-refractivity contribution in [3.05, 3.63) is 23.7 Å². The molecule has 0 atom stereocenters. The van der Waals surface area contributed by atoms with Gasteiger partial charge in [0.15, 0.2) is 11.6 Å². The number of rotatable bonds is 4. The molecular weight excluding hydrogens is 399 g/mol. The molecule has 5 heteroatoms. The number of carbonyl (C=O) groups is 2.